The Morgan fingerprint density at radius 3 is 2.41 bits per heavy atom. The fourth-order valence-electron chi connectivity index (χ4n) is 3.45. The molecule has 1 amide bonds. The molecular weight excluding hydrogens is 382 g/mol. The normalized spacial score (nSPS) is 19.6. The quantitative estimate of drug-likeness (QED) is 0.660. The number of carbonyl (C=O) groups excluding carboxylic acids is 1. The van der Waals surface area contributed by atoms with Crippen LogP contribution in [0.2, 0.25) is 0 Å². The van der Waals surface area contributed by atoms with Gasteiger partial charge in [-0.05, 0) is 79.6 Å². The number of aliphatic imine (C=N–C) groups is 1. The molecule has 29 heavy (non-hydrogen) atoms. The van der Waals surface area contributed by atoms with Gasteiger partial charge in [-0.2, -0.15) is 0 Å². The van der Waals surface area contributed by atoms with Crippen molar-refractivity contribution in [3.8, 4) is 5.75 Å². The van der Waals surface area contributed by atoms with Crippen LogP contribution in [-0.2, 0) is 4.79 Å². The summed E-state index contributed by atoms with van der Waals surface area (Å²) in [6.07, 6.45) is 4.47. The lowest BCUT2D eigenvalue weighted by molar-refractivity contribution is -0.121. The van der Waals surface area contributed by atoms with E-state index >= 15 is 0 Å². The van der Waals surface area contributed by atoms with Crippen molar-refractivity contribution in [1.29, 1.82) is 0 Å². The SMILES string of the molecule is CCOc1ccc(N=C2S/C(=C\c3ccc(N4CCCC4)cc3)C(=O)N2C)cc1. The standard InChI is InChI=1S/C23H25N3O2S/c1-3-28-20-12-8-18(9-13-20)24-23-25(2)22(27)21(29-23)16-17-6-10-19(11-7-17)26-14-4-5-15-26/h6-13,16H,3-5,14-15H2,1-2H3/b21-16-,24-23?. The number of ether oxygens (including phenoxy) is 1. The Balaban J connectivity index is 1.49. The molecule has 0 bridgehead atoms. The number of rotatable bonds is 5. The topological polar surface area (TPSA) is 45.1 Å². The third-order valence-corrected chi connectivity index (χ3v) is 6.10. The maximum atomic E-state index is 12.7. The van der Waals surface area contributed by atoms with Gasteiger partial charge in [0.15, 0.2) is 5.17 Å². The van der Waals surface area contributed by atoms with Gasteiger partial charge in [0.25, 0.3) is 5.91 Å². The average molecular weight is 408 g/mol. The van der Waals surface area contributed by atoms with Crippen LogP contribution in [0.3, 0.4) is 0 Å². The molecule has 2 saturated heterocycles. The van der Waals surface area contributed by atoms with E-state index in [2.05, 4.69) is 34.2 Å². The number of likely N-dealkylation sites (N-methyl/N-ethyl adjacent to an activating group) is 1. The van der Waals surface area contributed by atoms with Gasteiger partial charge in [0.1, 0.15) is 5.75 Å². The Morgan fingerprint density at radius 2 is 1.76 bits per heavy atom. The molecule has 0 saturated carbocycles. The Hall–Kier alpha value is -2.73. The van der Waals surface area contributed by atoms with Gasteiger partial charge >= 0.3 is 0 Å². The van der Waals surface area contributed by atoms with E-state index in [-0.39, 0.29) is 5.91 Å². The summed E-state index contributed by atoms with van der Waals surface area (Å²) in [6, 6.07) is 16.0. The molecule has 0 radical (unpaired) electrons. The summed E-state index contributed by atoms with van der Waals surface area (Å²) < 4.78 is 5.46. The smallest absolute Gasteiger partial charge is 0.266 e. The molecule has 2 aromatic carbocycles. The summed E-state index contributed by atoms with van der Waals surface area (Å²) in [7, 11) is 1.76. The lowest BCUT2D eigenvalue weighted by atomic mass is 10.2. The van der Waals surface area contributed by atoms with Crippen LogP contribution in [0.4, 0.5) is 11.4 Å². The molecule has 0 unspecified atom stereocenters. The van der Waals surface area contributed by atoms with Crippen LogP contribution in [0.25, 0.3) is 6.08 Å². The lowest BCUT2D eigenvalue weighted by Gasteiger charge is -2.17. The van der Waals surface area contributed by atoms with Gasteiger partial charge in [0.2, 0.25) is 0 Å². The zero-order chi connectivity index (χ0) is 20.2. The first-order valence-corrected chi connectivity index (χ1v) is 10.8. The van der Waals surface area contributed by atoms with Gasteiger partial charge in [0.05, 0.1) is 17.2 Å². The fourth-order valence-corrected chi connectivity index (χ4v) is 4.44. The molecule has 0 aliphatic carbocycles. The largest absolute Gasteiger partial charge is 0.494 e. The number of nitrogens with zero attached hydrogens (tertiary/aromatic N) is 3. The number of hydrogen-bond donors (Lipinski definition) is 0. The second kappa shape index (κ2) is 8.74. The van der Waals surface area contributed by atoms with E-state index in [0.717, 1.165) is 30.1 Å². The molecule has 0 aromatic heterocycles. The fraction of sp³-hybridized carbons (Fsp3) is 0.304. The molecule has 2 aromatic rings. The van der Waals surface area contributed by atoms with Gasteiger partial charge < -0.3 is 9.64 Å². The number of thioether (sulfide) groups is 1. The number of benzene rings is 2. The minimum Gasteiger partial charge on any atom is -0.494 e. The number of anilines is 1. The van der Waals surface area contributed by atoms with Crippen molar-refractivity contribution in [2.24, 2.45) is 4.99 Å². The van der Waals surface area contributed by atoms with E-state index in [1.165, 1.54) is 30.3 Å². The predicted octanol–water partition coefficient (Wildman–Crippen LogP) is 4.92. The Labute approximate surface area is 176 Å². The highest BCUT2D eigenvalue weighted by Crippen LogP contribution is 2.33. The summed E-state index contributed by atoms with van der Waals surface area (Å²) >= 11 is 1.41. The van der Waals surface area contributed by atoms with Gasteiger partial charge in [-0.25, -0.2) is 4.99 Å². The lowest BCUT2D eigenvalue weighted by Crippen LogP contribution is -2.23. The van der Waals surface area contributed by atoms with E-state index in [9.17, 15) is 4.79 Å². The van der Waals surface area contributed by atoms with Gasteiger partial charge in [0, 0.05) is 25.8 Å². The Kier molecular flexibility index (Phi) is 5.90. The van der Waals surface area contributed by atoms with Gasteiger partial charge in [-0.15, -0.1) is 0 Å². The Bertz CT molecular complexity index is 930. The van der Waals surface area contributed by atoms with Crippen molar-refractivity contribution < 1.29 is 9.53 Å². The van der Waals surface area contributed by atoms with Crippen molar-refractivity contribution in [2.45, 2.75) is 19.8 Å². The molecular formula is C23H25N3O2S. The summed E-state index contributed by atoms with van der Waals surface area (Å²) in [5, 5.41) is 0.680. The molecule has 0 N–H and O–H groups in total. The molecule has 0 spiro atoms. The summed E-state index contributed by atoms with van der Waals surface area (Å²) in [5.41, 5.74) is 3.08. The summed E-state index contributed by atoms with van der Waals surface area (Å²) in [6.45, 7) is 4.85. The third kappa shape index (κ3) is 4.48. The van der Waals surface area contributed by atoms with Crippen molar-refractivity contribution >= 4 is 40.3 Å². The van der Waals surface area contributed by atoms with E-state index < -0.39 is 0 Å². The van der Waals surface area contributed by atoms with E-state index in [4.69, 9.17) is 4.74 Å². The number of amidine groups is 1. The first kappa shape index (κ1) is 19.6. The minimum absolute atomic E-state index is 0.0247. The molecule has 6 heteroatoms. The van der Waals surface area contributed by atoms with Crippen LogP contribution in [-0.4, -0.2) is 42.7 Å². The molecule has 4 rings (SSSR count). The molecule has 5 nitrogen and oxygen atoms in total. The van der Waals surface area contributed by atoms with Crippen molar-refractivity contribution in [3.05, 3.63) is 59.0 Å². The number of hydrogen-bond acceptors (Lipinski definition) is 5. The molecule has 2 heterocycles. The van der Waals surface area contributed by atoms with Crippen LogP contribution in [0.5, 0.6) is 5.75 Å². The molecule has 2 fully saturated rings. The maximum Gasteiger partial charge on any atom is 0.266 e. The zero-order valence-corrected chi connectivity index (χ0v) is 17.6. The first-order chi connectivity index (χ1) is 14.1. The second-order valence-corrected chi connectivity index (χ2v) is 8.09. The monoisotopic (exact) mass is 407 g/mol. The first-order valence-electron chi connectivity index (χ1n) is 9.98. The summed E-state index contributed by atoms with van der Waals surface area (Å²) in [4.78, 5) is 22.0. The predicted molar refractivity (Wildman–Crippen MR) is 121 cm³/mol. The Morgan fingerprint density at radius 1 is 1.07 bits per heavy atom. The second-order valence-electron chi connectivity index (χ2n) is 7.08. The highest BCUT2D eigenvalue weighted by atomic mass is 32.2. The average Bonchev–Trinajstić information content (AvgIpc) is 3.36. The van der Waals surface area contributed by atoms with Crippen LogP contribution < -0.4 is 9.64 Å². The molecule has 0 atom stereocenters. The highest BCUT2D eigenvalue weighted by molar-refractivity contribution is 8.18. The van der Waals surface area contributed by atoms with Gasteiger partial charge in [-0.3, -0.25) is 9.69 Å². The van der Waals surface area contributed by atoms with Gasteiger partial charge in [-0.1, -0.05) is 12.1 Å². The van der Waals surface area contributed by atoms with E-state index in [1.807, 2.05) is 37.3 Å². The number of carbonyl (C=O) groups is 1. The summed E-state index contributed by atoms with van der Waals surface area (Å²) in [5.74, 6) is 0.793. The highest BCUT2D eigenvalue weighted by Gasteiger charge is 2.30. The molecule has 150 valence electrons. The van der Waals surface area contributed by atoms with Crippen molar-refractivity contribution in [2.75, 3.05) is 31.6 Å². The minimum atomic E-state index is -0.0247. The van der Waals surface area contributed by atoms with Crippen LogP contribution in [0.15, 0.2) is 58.4 Å². The van der Waals surface area contributed by atoms with E-state index in [1.54, 1.807) is 11.9 Å². The van der Waals surface area contributed by atoms with Crippen molar-refractivity contribution in [3.63, 3.8) is 0 Å². The van der Waals surface area contributed by atoms with Crippen LogP contribution in [0, 0.1) is 0 Å². The van der Waals surface area contributed by atoms with E-state index in [0.29, 0.717) is 16.7 Å². The molecule has 2 aliphatic heterocycles. The third-order valence-electron chi connectivity index (χ3n) is 5.04. The van der Waals surface area contributed by atoms with Crippen LogP contribution >= 0.6 is 11.8 Å². The maximum absolute atomic E-state index is 12.7. The zero-order valence-electron chi connectivity index (χ0n) is 16.8. The number of amides is 1. The van der Waals surface area contributed by atoms with Crippen molar-refractivity contribution in [1.82, 2.24) is 4.90 Å². The molecule has 2 aliphatic rings. The van der Waals surface area contributed by atoms with Crippen LogP contribution in [0.1, 0.15) is 25.3 Å².